The highest BCUT2D eigenvalue weighted by Gasteiger charge is 2.27. The highest BCUT2D eigenvalue weighted by atomic mass is 16.5. The molecule has 1 unspecified atom stereocenters. The SMILES string of the molecule is C=C(CCc1ccc(OC)cc1)C(=O)N(CCC)C(=N)C(C=NC)NC(=O)c1cccc(-n2cc(CN)cn2)n1. The Bertz CT molecular complexity index is 1360. The van der Waals surface area contributed by atoms with Crippen molar-refractivity contribution in [2.75, 3.05) is 20.7 Å². The van der Waals surface area contributed by atoms with Crippen LogP contribution in [-0.2, 0) is 17.8 Å². The van der Waals surface area contributed by atoms with Crippen molar-refractivity contribution in [3.05, 3.63) is 83.8 Å². The molecule has 3 rings (SSSR count). The topological polar surface area (TPSA) is 152 Å². The van der Waals surface area contributed by atoms with E-state index in [-0.39, 0.29) is 17.4 Å². The number of amides is 2. The van der Waals surface area contributed by atoms with Crippen molar-refractivity contribution in [2.24, 2.45) is 10.7 Å². The summed E-state index contributed by atoms with van der Waals surface area (Å²) >= 11 is 0. The van der Waals surface area contributed by atoms with Crippen molar-refractivity contribution in [2.45, 2.75) is 38.8 Å². The highest BCUT2D eigenvalue weighted by Crippen LogP contribution is 2.16. The van der Waals surface area contributed by atoms with Crippen molar-refractivity contribution < 1.29 is 14.3 Å². The van der Waals surface area contributed by atoms with E-state index in [2.05, 4.69) is 27.0 Å². The normalized spacial score (nSPS) is 11.7. The second-order valence-electron chi connectivity index (χ2n) is 9.03. The van der Waals surface area contributed by atoms with Gasteiger partial charge in [0.25, 0.3) is 11.8 Å². The van der Waals surface area contributed by atoms with E-state index < -0.39 is 11.9 Å². The number of methoxy groups -OCH3 is 1. The Morgan fingerprint density at radius 2 is 2.00 bits per heavy atom. The molecule has 0 aliphatic rings. The Morgan fingerprint density at radius 1 is 1.25 bits per heavy atom. The Hall–Kier alpha value is -4.64. The van der Waals surface area contributed by atoms with Gasteiger partial charge in [0.15, 0.2) is 5.82 Å². The second-order valence-corrected chi connectivity index (χ2v) is 9.03. The number of amidine groups is 1. The zero-order valence-electron chi connectivity index (χ0n) is 23.1. The molecule has 11 nitrogen and oxygen atoms in total. The first-order valence-electron chi connectivity index (χ1n) is 13.0. The molecule has 4 N–H and O–H groups in total. The Labute approximate surface area is 234 Å². The molecule has 2 aromatic heterocycles. The third kappa shape index (κ3) is 7.70. The second kappa shape index (κ2) is 14.5. The monoisotopic (exact) mass is 544 g/mol. The third-order valence-corrected chi connectivity index (χ3v) is 6.11. The van der Waals surface area contributed by atoms with Crippen LogP contribution in [0, 0.1) is 5.41 Å². The number of nitrogens with zero attached hydrogens (tertiary/aromatic N) is 5. The average Bonchev–Trinajstić information content (AvgIpc) is 3.47. The minimum atomic E-state index is -0.957. The minimum absolute atomic E-state index is 0.104. The van der Waals surface area contributed by atoms with Gasteiger partial charge in [0, 0.05) is 43.7 Å². The Balaban J connectivity index is 1.72. The number of rotatable bonds is 13. The number of hydrogen-bond acceptors (Lipinski definition) is 8. The molecule has 0 spiro atoms. The summed E-state index contributed by atoms with van der Waals surface area (Å²) in [6, 6.07) is 11.6. The number of hydrogen-bond donors (Lipinski definition) is 3. The molecule has 0 aliphatic carbocycles. The quantitative estimate of drug-likeness (QED) is 0.171. The van der Waals surface area contributed by atoms with Crippen molar-refractivity contribution in [3.8, 4) is 11.6 Å². The maximum Gasteiger partial charge on any atom is 0.270 e. The van der Waals surface area contributed by atoms with Gasteiger partial charge in [-0.05, 0) is 49.1 Å². The van der Waals surface area contributed by atoms with E-state index in [1.165, 1.54) is 22.8 Å². The van der Waals surface area contributed by atoms with E-state index in [4.69, 9.17) is 15.9 Å². The molecule has 2 heterocycles. The number of benzene rings is 1. The number of pyridine rings is 1. The molecule has 0 aliphatic heterocycles. The third-order valence-electron chi connectivity index (χ3n) is 6.11. The van der Waals surface area contributed by atoms with Crippen LogP contribution in [0.15, 0.2) is 72.0 Å². The first-order valence-corrected chi connectivity index (χ1v) is 13.0. The number of ether oxygens (including phenoxy) is 1. The van der Waals surface area contributed by atoms with Gasteiger partial charge in [0.1, 0.15) is 23.3 Å². The van der Waals surface area contributed by atoms with Crippen LogP contribution in [0.3, 0.4) is 0 Å². The molecule has 0 bridgehead atoms. The first kappa shape index (κ1) is 29.9. The Kier molecular flexibility index (Phi) is 10.8. The fourth-order valence-corrected chi connectivity index (χ4v) is 3.92. The molecule has 0 saturated heterocycles. The van der Waals surface area contributed by atoms with Crippen LogP contribution >= 0.6 is 0 Å². The van der Waals surface area contributed by atoms with Gasteiger partial charge >= 0.3 is 0 Å². The van der Waals surface area contributed by atoms with Gasteiger partial charge < -0.3 is 15.8 Å². The molecule has 0 saturated carbocycles. The average molecular weight is 545 g/mol. The molecule has 3 aromatic rings. The summed E-state index contributed by atoms with van der Waals surface area (Å²) < 4.78 is 6.73. The smallest absolute Gasteiger partial charge is 0.270 e. The summed E-state index contributed by atoms with van der Waals surface area (Å²) in [7, 11) is 3.15. The van der Waals surface area contributed by atoms with E-state index in [0.29, 0.717) is 43.7 Å². The zero-order valence-corrected chi connectivity index (χ0v) is 23.1. The molecular formula is C29H36N8O3. The van der Waals surface area contributed by atoms with Gasteiger partial charge in [-0.3, -0.25) is 24.9 Å². The lowest BCUT2D eigenvalue weighted by Gasteiger charge is -2.27. The number of aryl methyl sites for hydroxylation is 1. The number of aliphatic imine (C=N–C) groups is 1. The summed E-state index contributed by atoms with van der Waals surface area (Å²) in [6.07, 6.45) is 6.44. The molecule has 40 heavy (non-hydrogen) atoms. The number of nitrogens with one attached hydrogen (secondary N) is 2. The lowest BCUT2D eigenvalue weighted by Crippen LogP contribution is -2.51. The Morgan fingerprint density at radius 3 is 2.62 bits per heavy atom. The van der Waals surface area contributed by atoms with Gasteiger partial charge in [0.2, 0.25) is 0 Å². The highest BCUT2D eigenvalue weighted by molar-refractivity contribution is 6.13. The molecule has 11 heteroatoms. The molecule has 0 radical (unpaired) electrons. The molecular weight excluding hydrogens is 508 g/mol. The van der Waals surface area contributed by atoms with E-state index in [1.807, 2.05) is 31.2 Å². The fraction of sp³-hybridized carbons (Fsp3) is 0.310. The molecule has 210 valence electrons. The summed E-state index contributed by atoms with van der Waals surface area (Å²) in [6.45, 7) is 6.53. The molecule has 0 fully saturated rings. The van der Waals surface area contributed by atoms with Crippen LogP contribution in [0.25, 0.3) is 5.82 Å². The summed E-state index contributed by atoms with van der Waals surface area (Å²) in [4.78, 5) is 36.3. The van der Waals surface area contributed by atoms with E-state index in [9.17, 15) is 9.59 Å². The van der Waals surface area contributed by atoms with Crippen LogP contribution < -0.4 is 15.8 Å². The summed E-state index contributed by atoms with van der Waals surface area (Å²) in [5.41, 5.74) is 8.03. The van der Waals surface area contributed by atoms with Crippen molar-refractivity contribution in [1.29, 1.82) is 5.41 Å². The van der Waals surface area contributed by atoms with Crippen LogP contribution in [0.2, 0.25) is 0 Å². The van der Waals surface area contributed by atoms with Gasteiger partial charge in [-0.15, -0.1) is 0 Å². The number of carbonyl (C=O) groups is 2. The van der Waals surface area contributed by atoms with Gasteiger partial charge in [-0.1, -0.05) is 31.7 Å². The lowest BCUT2D eigenvalue weighted by molar-refractivity contribution is -0.123. The molecule has 1 atom stereocenters. The van der Waals surface area contributed by atoms with Crippen molar-refractivity contribution in [1.82, 2.24) is 25.0 Å². The maximum atomic E-state index is 13.4. The van der Waals surface area contributed by atoms with Crippen LogP contribution in [0.1, 0.15) is 41.4 Å². The van der Waals surface area contributed by atoms with Crippen LogP contribution in [0.4, 0.5) is 0 Å². The predicted octanol–water partition coefficient (Wildman–Crippen LogP) is 2.94. The van der Waals surface area contributed by atoms with Gasteiger partial charge in [-0.2, -0.15) is 5.10 Å². The fourth-order valence-electron chi connectivity index (χ4n) is 3.92. The maximum absolute atomic E-state index is 13.4. The summed E-state index contributed by atoms with van der Waals surface area (Å²) in [5, 5.41) is 15.8. The van der Waals surface area contributed by atoms with Gasteiger partial charge in [-0.25, -0.2) is 9.67 Å². The molecule has 1 aromatic carbocycles. The zero-order chi connectivity index (χ0) is 29.1. The van der Waals surface area contributed by atoms with E-state index in [0.717, 1.165) is 16.9 Å². The van der Waals surface area contributed by atoms with E-state index >= 15 is 0 Å². The van der Waals surface area contributed by atoms with Crippen molar-refractivity contribution >= 4 is 23.9 Å². The first-order chi connectivity index (χ1) is 19.3. The molecule has 2 amide bonds. The summed E-state index contributed by atoms with van der Waals surface area (Å²) in [5.74, 6) is 0.214. The van der Waals surface area contributed by atoms with Crippen LogP contribution in [-0.4, -0.2) is 70.3 Å². The van der Waals surface area contributed by atoms with Crippen molar-refractivity contribution in [3.63, 3.8) is 0 Å². The van der Waals surface area contributed by atoms with Crippen LogP contribution in [0.5, 0.6) is 5.75 Å². The minimum Gasteiger partial charge on any atom is -0.497 e. The standard InChI is InChI=1S/C29H36N8O3/c1-5-15-36(29(39)20(2)9-10-21-11-13-23(40-4)14-12-21)27(31)25(18-32-3)35-28(38)24-7-6-8-26(34-24)37-19-22(16-30)17-33-37/h6-8,11-14,17-19,25,31H,2,5,9-10,15-16,30H2,1,3-4H3,(H,35,38). The number of carbonyl (C=O) groups excluding carboxylic acids is 2. The van der Waals surface area contributed by atoms with Gasteiger partial charge in [0.05, 0.1) is 13.3 Å². The number of nitrogens with two attached hydrogens (primary N) is 1. The lowest BCUT2D eigenvalue weighted by atomic mass is 10.0. The largest absolute Gasteiger partial charge is 0.497 e. The predicted molar refractivity (Wildman–Crippen MR) is 155 cm³/mol. The number of aromatic nitrogens is 3. The van der Waals surface area contributed by atoms with E-state index in [1.54, 1.807) is 37.7 Å².